The van der Waals surface area contributed by atoms with Crippen LogP contribution < -0.4 is 0 Å². The van der Waals surface area contributed by atoms with E-state index in [0.717, 1.165) is 13.8 Å². The molecular weight excluding hydrogens is 228 g/mol. The van der Waals surface area contributed by atoms with Crippen LogP contribution in [0.2, 0.25) is 0 Å². The molecule has 0 aliphatic carbocycles. The van der Waals surface area contributed by atoms with Gasteiger partial charge in [-0.05, 0) is 20.3 Å². The first-order valence-electron chi connectivity index (χ1n) is 4.03. The van der Waals surface area contributed by atoms with Crippen LogP contribution in [0.15, 0.2) is 0 Å². The predicted molar refractivity (Wildman–Crippen MR) is 39.4 cm³/mol. The number of rotatable bonds is 3. The fourth-order valence-electron chi connectivity index (χ4n) is 0.559. The van der Waals surface area contributed by atoms with E-state index in [-0.39, 0.29) is 6.42 Å². The molecule has 0 spiro atoms. The second-order valence-electron chi connectivity index (χ2n) is 3.43. The highest BCUT2D eigenvalue weighted by molar-refractivity contribution is 4.66. The molecular formula is C7H11F6NO. The first-order chi connectivity index (χ1) is 6.40. The third kappa shape index (κ3) is 4.70. The number of hydroxylamine groups is 2. The van der Waals surface area contributed by atoms with Crippen molar-refractivity contribution in [3.8, 4) is 0 Å². The molecule has 0 aliphatic heterocycles. The Labute approximate surface area is 82.7 Å². The van der Waals surface area contributed by atoms with Crippen molar-refractivity contribution in [2.75, 3.05) is 0 Å². The summed E-state index contributed by atoms with van der Waals surface area (Å²) in [4.78, 5) is 3.90. The summed E-state index contributed by atoms with van der Waals surface area (Å²) in [5.41, 5.74) is -1.54. The highest BCUT2D eigenvalue weighted by Gasteiger charge is 2.57. The van der Waals surface area contributed by atoms with Crippen molar-refractivity contribution < 1.29 is 31.2 Å². The molecule has 0 N–H and O–H groups in total. The van der Waals surface area contributed by atoms with E-state index in [4.69, 9.17) is 0 Å². The van der Waals surface area contributed by atoms with Crippen molar-refractivity contribution >= 4 is 0 Å². The summed E-state index contributed by atoms with van der Waals surface area (Å²) in [6, 6.07) is 0. The Morgan fingerprint density at radius 1 is 0.933 bits per heavy atom. The minimum atomic E-state index is -5.61. The molecule has 2 nitrogen and oxygen atoms in total. The van der Waals surface area contributed by atoms with Gasteiger partial charge in [0.15, 0.2) is 0 Å². The maximum atomic E-state index is 12.0. The lowest BCUT2D eigenvalue weighted by atomic mass is 10.1. The standard InChI is InChI=1S/C7H11F6NO/c1-4-5(2,3)15-14(6(8,9)10)7(11,12)13/h4H2,1-3H3. The highest BCUT2D eigenvalue weighted by atomic mass is 19.4. The van der Waals surface area contributed by atoms with Gasteiger partial charge in [0, 0.05) is 5.06 Å². The number of hydrogen-bond acceptors (Lipinski definition) is 2. The van der Waals surface area contributed by atoms with Crippen molar-refractivity contribution in [2.45, 2.75) is 45.4 Å². The van der Waals surface area contributed by atoms with E-state index >= 15 is 0 Å². The highest BCUT2D eigenvalue weighted by Crippen LogP contribution is 2.36. The lowest BCUT2D eigenvalue weighted by Gasteiger charge is -2.33. The predicted octanol–water partition coefficient (Wildman–Crippen LogP) is 3.45. The lowest BCUT2D eigenvalue weighted by Crippen LogP contribution is -2.51. The zero-order valence-corrected chi connectivity index (χ0v) is 8.33. The summed E-state index contributed by atoms with van der Waals surface area (Å²) in [6.07, 6.45) is -11.2. The van der Waals surface area contributed by atoms with Crippen LogP contribution in [0.25, 0.3) is 0 Å². The molecule has 0 saturated carbocycles. The molecule has 0 bridgehead atoms. The molecule has 8 heteroatoms. The maximum Gasteiger partial charge on any atom is 0.490 e. The topological polar surface area (TPSA) is 12.5 Å². The van der Waals surface area contributed by atoms with Crippen molar-refractivity contribution in [2.24, 2.45) is 0 Å². The van der Waals surface area contributed by atoms with Crippen LogP contribution in [0.5, 0.6) is 0 Å². The van der Waals surface area contributed by atoms with Gasteiger partial charge in [0.25, 0.3) is 0 Å². The van der Waals surface area contributed by atoms with E-state index in [1.807, 2.05) is 0 Å². The van der Waals surface area contributed by atoms with Gasteiger partial charge in [0.2, 0.25) is 0 Å². The molecule has 15 heavy (non-hydrogen) atoms. The van der Waals surface area contributed by atoms with Gasteiger partial charge in [-0.3, -0.25) is 4.84 Å². The van der Waals surface area contributed by atoms with E-state index in [9.17, 15) is 26.3 Å². The smallest absolute Gasteiger partial charge is 0.278 e. The SMILES string of the molecule is CCC(C)(C)ON(C(F)(F)F)C(F)(F)F. The normalized spacial score (nSPS) is 14.8. The molecule has 0 radical (unpaired) electrons. The van der Waals surface area contributed by atoms with Gasteiger partial charge in [0.05, 0.1) is 5.60 Å². The summed E-state index contributed by atoms with van der Waals surface area (Å²) >= 11 is 0. The van der Waals surface area contributed by atoms with Gasteiger partial charge in [-0.15, -0.1) is 0 Å². The maximum absolute atomic E-state index is 12.0. The summed E-state index contributed by atoms with van der Waals surface area (Å²) in [5, 5.41) is -1.89. The van der Waals surface area contributed by atoms with Crippen LogP contribution >= 0.6 is 0 Å². The molecule has 92 valence electrons. The Morgan fingerprint density at radius 3 is 1.47 bits per heavy atom. The van der Waals surface area contributed by atoms with Crippen LogP contribution in [0.1, 0.15) is 27.2 Å². The summed E-state index contributed by atoms with van der Waals surface area (Å²) < 4.78 is 71.8. The zero-order chi connectivity index (χ0) is 12.5. The van der Waals surface area contributed by atoms with E-state index in [0.29, 0.717) is 0 Å². The number of hydrogen-bond donors (Lipinski definition) is 0. The molecule has 0 saturated heterocycles. The molecule has 0 fully saturated rings. The van der Waals surface area contributed by atoms with Crippen LogP contribution in [0.4, 0.5) is 26.3 Å². The van der Waals surface area contributed by atoms with Gasteiger partial charge in [-0.2, -0.15) is 26.3 Å². The van der Waals surface area contributed by atoms with E-state index in [1.54, 1.807) is 0 Å². The molecule has 0 atom stereocenters. The minimum absolute atomic E-state index is 0.00958. The van der Waals surface area contributed by atoms with Gasteiger partial charge in [-0.25, -0.2) is 0 Å². The third-order valence-corrected chi connectivity index (χ3v) is 1.65. The second kappa shape index (κ2) is 4.17. The summed E-state index contributed by atoms with van der Waals surface area (Å²) in [5.74, 6) is 0. The van der Waals surface area contributed by atoms with Crippen molar-refractivity contribution in [3.63, 3.8) is 0 Å². The summed E-state index contributed by atoms with van der Waals surface area (Å²) in [6.45, 7) is 3.69. The van der Waals surface area contributed by atoms with Gasteiger partial charge >= 0.3 is 12.6 Å². The van der Waals surface area contributed by atoms with E-state index in [1.165, 1.54) is 6.92 Å². The van der Waals surface area contributed by atoms with Gasteiger partial charge in [-0.1, -0.05) is 6.92 Å². The Bertz CT molecular complexity index is 195. The molecule has 0 aromatic carbocycles. The molecule has 0 rings (SSSR count). The molecule has 0 aliphatic rings. The second-order valence-corrected chi connectivity index (χ2v) is 3.43. The first-order valence-corrected chi connectivity index (χ1v) is 4.03. The van der Waals surface area contributed by atoms with Crippen LogP contribution in [-0.4, -0.2) is 23.3 Å². The van der Waals surface area contributed by atoms with Crippen LogP contribution in [0, 0.1) is 0 Å². The van der Waals surface area contributed by atoms with Crippen molar-refractivity contribution in [3.05, 3.63) is 0 Å². The Kier molecular flexibility index (Phi) is 4.03. The molecule has 0 aromatic heterocycles. The van der Waals surface area contributed by atoms with Crippen molar-refractivity contribution in [1.29, 1.82) is 0 Å². The van der Waals surface area contributed by atoms with E-state index in [2.05, 4.69) is 4.84 Å². The molecule has 0 aromatic rings. The van der Waals surface area contributed by atoms with Gasteiger partial charge < -0.3 is 0 Å². The average molecular weight is 239 g/mol. The van der Waals surface area contributed by atoms with Crippen molar-refractivity contribution in [1.82, 2.24) is 5.06 Å². The summed E-state index contributed by atoms with van der Waals surface area (Å²) in [7, 11) is 0. The Balaban J connectivity index is 4.85. The quantitative estimate of drug-likeness (QED) is 0.425. The molecule has 0 amide bonds. The van der Waals surface area contributed by atoms with E-state index < -0.39 is 23.3 Å². The molecule has 0 heterocycles. The number of alkyl halides is 6. The number of halogens is 6. The largest absolute Gasteiger partial charge is 0.490 e. The first kappa shape index (κ1) is 14.5. The fourth-order valence-corrected chi connectivity index (χ4v) is 0.559. The lowest BCUT2D eigenvalue weighted by molar-refractivity contribution is -0.501. The molecule has 0 unspecified atom stereocenters. The minimum Gasteiger partial charge on any atom is -0.278 e. The fraction of sp³-hybridized carbons (Fsp3) is 1.00. The number of nitrogens with zero attached hydrogens (tertiary/aromatic N) is 1. The van der Waals surface area contributed by atoms with Crippen LogP contribution in [-0.2, 0) is 4.84 Å². The monoisotopic (exact) mass is 239 g/mol. The average Bonchev–Trinajstić information content (AvgIpc) is 1.96. The Morgan fingerprint density at radius 2 is 1.27 bits per heavy atom. The third-order valence-electron chi connectivity index (χ3n) is 1.65. The zero-order valence-electron chi connectivity index (χ0n) is 8.33. The Hall–Kier alpha value is -0.500. The van der Waals surface area contributed by atoms with Gasteiger partial charge in [0.1, 0.15) is 0 Å². The van der Waals surface area contributed by atoms with Crippen LogP contribution in [0.3, 0.4) is 0 Å².